The molecule has 0 aliphatic heterocycles. The molecule has 0 aliphatic rings. The minimum absolute atomic E-state index is 0.0440. The van der Waals surface area contributed by atoms with Gasteiger partial charge in [0.2, 0.25) is 17.7 Å². The van der Waals surface area contributed by atoms with Gasteiger partial charge in [-0.1, -0.05) is 62.4 Å². The molecule has 39 heavy (non-hydrogen) atoms. The van der Waals surface area contributed by atoms with E-state index in [4.69, 9.17) is 5.73 Å². The molecule has 11 heteroatoms. The van der Waals surface area contributed by atoms with E-state index in [1.807, 2.05) is 54.6 Å². The molecule has 3 aromatic rings. The lowest BCUT2D eigenvalue weighted by Crippen LogP contribution is -2.59. The first-order valence-corrected chi connectivity index (χ1v) is 13.3. The first-order chi connectivity index (χ1) is 18.6. The largest absolute Gasteiger partial charge is 0.480 e. The van der Waals surface area contributed by atoms with Gasteiger partial charge in [-0.3, -0.25) is 14.4 Å². The van der Waals surface area contributed by atoms with E-state index in [2.05, 4.69) is 33.6 Å². The third-order valence-corrected chi connectivity index (χ3v) is 6.78. The van der Waals surface area contributed by atoms with Gasteiger partial charge in [-0.2, -0.15) is 12.6 Å². The number of rotatable bonds is 13. The lowest BCUT2D eigenvalue weighted by Gasteiger charge is -2.26. The lowest BCUT2D eigenvalue weighted by molar-refractivity contribution is -0.142. The van der Waals surface area contributed by atoms with E-state index in [9.17, 15) is 24.3 Å². The molecule has 3 rings (SSSR count). The predicted molar refractivity (Wildman–Crippen MR) is 152 cm³/mol. The smallest absolute Gasteiger partial charge is 0.326 e. The standard InChI is InChI=1S/C28H35N5O5S/c1-16(2)24(33-25(34)20(29)12-17-8-4-3-5-9-17)27(36)32-23(15-39)26(35)31-22(28(37)38)13-18-14-30-21-11-7-6-10-19(18)21/h3-11,14,16,20,22-24,30,39H,12-13,15,29H2,1-2H3,(H,31,35)(H,32,36)(H,33,34)(H,37,38). The Bertz CT molecular complexity index is 1300. The fourth-order valence-electron chi connectivity index (χ4n) is 4.20. The summed E-state index contributed by atoms with van der Waals surface area (Å²) in [4.78, 5) is 53.9. The Morgan fingerprint density at radius 2 is 1.51 bits per heavy atom. The molecule has 4 unspecified atom stereocenters. The number of H-pyrrole nitrogens is 1. The average Bonchev–Trinajstić information content (AvgIpc) is 3.32. The number of nitrogens with two attached hydrogens (primary N) is 1. The van der Waals surface area contributed by atoms with Gasteiger partial charge in [-0.05, 0) is 29.5 Å². The number of hydrogen-bond acceptors (Lipinski definition) is 6. The van der Waals surface area contributed by atoms with Crippen LogP contribution in [0.3, 0.4) is 0 Å². The number of hydrogen-bond donors (Lipinski definition) is 7. The molecule has 0 saturated carbocycles. The summed E-state index contributed by atoms with van der Waals surface area (Å²) in [6, 6.07) is 12.5. The van der Waals surface area contributed by atoms with Crippen molar-refractivity contribution in [3.63, 3.8) is 0 Å². The summed E-state index contributed by atoms with van der Waals surface area (Å²) in [5.41, 5.74) is 8.55. The first-order valence-electron chi connectivity index (χ1n) is 12.7. The van der Waals surface area contributed by atoms with Gasteiger partial charge in [0, 0.05) is 29.3 Å². The van der Waals surface area contributed by atoms with Crippen molar-refractivity contribution < 1.29 is 24.3 Å². The predicted octanol–water partition coefficient (Wildman–Crippen LogP) is 1.41. The van der Waals surface area contributed by atoms with E-state index >= 15 is 0 Å². The topological polar surface area (TPSA) is 166 Å². The Hall–Kier alpha value is -3.83. The summed E-state index contributed by atoms with van der Waals surface area (Å²) in [6.07, 6.45) is 2.05. The van der Waals surface area contributed by atoms with E-state index in [1.54, 1.807) is 20.0 Å². The highest BCUT2D eigenvalue weighted by Gasteiger charge is 2.31. The maximum Gasteiger partial charge on any atom is 0.326 e. The molecule has 0 fully saturated rings. The summed E-state index contributed by atoms with van der Waals surface area (Å²) >= 11 is 4.18. The number of nitrogens with one attached hydrogen (secondary N) is 4. The molecule has 10 nitrogen and oxygen atoms in total. The van der Waals surface area contributed by atoms with Crippen molar-refractivity contribution in [2.24, 2.45) is 11.7 Å². The van der Waals surface area contributed by atoms with E-state index in [-0.39, 0.29) is 18.1 Å². The highest BCUT2D eigenvalue weighted by atomic mass is 32.1. The third kappa shape index (κ3) is 8.08. The zero-order valence-electron chi connectivity index (χ0n) is 21.9. The van der Waals surface area contributed by atoms with Crippen LogP contribution in [0.1, 0.15) is 25.0 Å². The molecule has 0 radical (unpaired) electrons. The van der Waals surface area contributed by atoms with Crippen molar-refractivity contribution in [2.75, 3.05) is 5.75 Å². The van der Waals surface area contributed by atoms with Gasteiger partial charge in [0.05, 0.1) is 6.04 Å². The van der Waals surface area contributed by atoms with E-state index in [1.165, 1.54) is 0 Å². The number of thiol groups is 1. The minimum Gasteiger partial charge on any atom is -0.480 e. The lowest BCUT2D eigenvalue weighted by atomic mass is 10.0. The molecule has 208 valence electrons. The molecule has 0 bridgehead atoms. The molecule has 0 saturated heterocycles. The summed E-state index contributed by atoms with van der Waals surface area (Å²) in [6.45, 7) is 3.51. The Kier molecular flexibility index (Phi) is 10.5. The molecule has 3 amide bonds. The molecule has 7 N–H and O–H groups in total. The van der Waals surface area contributed by atoms with Gasteiger partial charge < -0.3 is 31.8 Å². The summed E-state index contributed by atoms with van der Waals surface area (Å²) in [5, 5.41) is 18.4. The van der Waals surface area contributed by atoms with Crippen LogP contribution in [0, 0.1) is 5.92 Å². The molecule has 0 aliphatic carbocycles. The number of amides is 3. The number of fused-ring (bicyclic) bond motifs is 1. The number of carbonyl (C=O) groups excluding carboxylic acids is 3. The van der Waals surface area contributed by atoms with Gasteiger partial charge in [0.1, 0.15) is 18.1 Å². The van der Waals surface area contributed by atoms with E-state index in [0.717, 1.165) is 22.0 Å². The van der Waals surface area contributed by atoms with Crippen LogP contribution in [0.15, 0.2) is 60.8 Å². The molecule has 1 aromatic heterocycles. The zero-order valence-corrected chi connectivity index (χ0v) is 22.8. The Balaban J connectivity index is 1.63. The van der Waals surface area contributed by atoms with Crippen LogP contribution >= 0.6 is 12.6 Å². The van der Waals surface area contributed by atoms with Crippen molar-refractivity contribution in [2.45, 2.75) is 50.9 Å². The molecular weight excluding hydrogens is 518 g/mol. The van der Waals surface area contributed by atoms with Crippen LogP contribution < -0.4 is 21.7 Å². The Morgan fingerprint density at radius 3 is 2.15 bits per heavy atom. The fourth-order valence-corrected chi connectivity index (χ4v) is 4.46. The van der Waals surface area contributed by atoms with Gasteiger partial charge >= 0.3 is 5.97 Å². The highest BCUT2D eigenvalue weighted by Crippen LogP contribution is 2.19. The molecule has 4 atom stereocenters. The van der Waals surface area contributed by atoms with Crippen molar-refractivity contribution in [1.29, 1.82) is 0 Å². The quantitative estimate of drug-likeness (QED) is 0.158. The highest BCUT2D eigenvalue weighted by molar-refractivity contribution is 7.80. The SMILES string of the molecule is CC(C)C(NC(=O)C(N)Cc1ccccc1)C(=O)NC(CS)C(=O)NC(Cc1c[nH]c2ccccc12)C(=O)O. The molecule has 1 heterocycles. The second-order valence-electron chi connectivity index (χ2n) is 9.73. The van der Waals surface area contributed by atoms with E-state index in [0.29, 0.717) is 6.42 Å². The fraction of sp³-hybridized carbons (Fsp3) is 0.357. The van der Waals surface area contributed by atoms with Crippen LogP contribution in [-0.4, -0.2) is 63.7 Å². The van der Waals surface area contributed by atoms with Gasteiger partial charge in [0.25, 0.3) is 0 Å². The normalized spacial score (nSPS) is 14.3. The van der Waals surface area contributed by atoms with Gasteiger partial charge in [-0.15, -0.1) is 0 Å². The third-order valence-electron chi connectivity index (χ3n) is 6.41. The monoisotopic (exact) mass is 553 g/mol. The summed E-state index contributed by atoms with van der Waals surface area (Å²) < 4.78 is 0. The molecular formula is C28H35N5O5S. The second kappa shape index (κ2) is 13.8. The van der Waals surface area contributed by atoms with Gasteiger partial charge in [-0.25, -0.2) is 4.79 Å². The average molecular weight is 554 g/mol. The van der Waals surface area contributed by atoms with Crippen molar-refractivity contribution in [3.05, 3.63) is 71.9 Å². The van der Waals surface area contributed by atoms with Crippen LogP contribution in [0.2, 0.25) is 0 Å². The van der Waals surface area contributed by atoms with Crippen LogP contribution in [0.25, 0.3) is 10.9 Å². The molecule has 0 spiro atoms. The number of aromatic amines is 1. The number of aliphatic carboxylic acids is 1. The van der Waals surface area contributed by atoms with Crippen LogP contribution in [0.5, 0.6) is 0 Å². The van der Waals surface area contributed by atoms with E-state index < -0.39 is 47.9 Å². The Labute approximate surface area is 232 Å². The summed E-state index contributed by atoms with van der Waals surface area (Å²) in [5.74, 6) is -3.39. The minimum atomic E-state index is -1.23. The number of carboxylic acid groups (broad SMARTS) is 1. The first kappa shape index (κ1) is 29.7. The maximum absolute atomic E-state index is 13.1. The maximum atomic E-state index is 13.1. The second-order valence-corrected chi connectivity index (χ2v) is 10.1. The number of para-hydroxylation sites is 1. The van der Waals surface area contributed by atoms with Crippen molar-refractivity contribution >= 4 is 47.2 Å². The number of benzene rings is 2. The number of aromatic nitrogens is 1. The summed E-state index contributed by atoms with van der Waals surface area (Å²) in [7, 11) is 0. The number of carbonyl (C=O) groups is 4. The van der Waals surface area contributed by atoms with Crippen molar-refractivity contribution in [1.82, 2.24) is 20.9 Å². The van der Waals surface area contributed by atoms with Gasteiger partial charge in [0.15, 0.2) is 0 Å². The Morgan fingerprint density at radius 1 is 0.872 bits per heavy atom. The molecule has 2 aromatic carbocycles. The van der Waals surface area contributed by atoms with Crippen LogP contribution in [0.4, 0.5) is 0 Å². The zero-order chi connectivity index (χ0) is 28.5. The number of carboxylic acids is 1. The van der Waals surface area contributed by atoms with Crippen molar-refractivity contribution in [3.8, 4) is 0 Å². The van der Waals surface area contributed by atoms with Crippen LogP contribution in [-0.2, 0) is 32.0 Å².